The number of aryl methyl sites for hydroxylation is 1. The molecule has 226 valence electrons. The fourth-order valence-corrected chi connectivity index (χ4v) is 6.27. The quantitative estimate of drug-likeness (QED) is 0.311. The van der Waals surface area contributed by atoms with E-state index in [2.05, 4.69) is 34.6 Å². The maximum Gasteiger partial charge on any atom is 0.264 e. The van der Waals surface area contributed by atoms with Crippen LogP contribution in [0.1, 0.15) is 50.2 Å². The van der Waals surface area contributed by atoms with Crippen LogP contribution in [0.3, 0.4) is 0 Å². The van der Waals surface area contributed by atoms with Crippen LogP contribution >= 0.6 is 0 Å². The first-order valence-corrected chi connectivity index (χ1v) is 14.6. The fourth-order valence-electron chi connectivity index (χ4n) is 6.27. The van der Waals surface area contributed by atoms with Gasteiger partial charge in [0.15, 0.2) is 0 Å². The molecule has 3 aromatic rings. The third-order valence-electron chi connectivity index (χ3n) is 8.65. The second kappa shape index (κ2) is 12.0. The van der Waals surface area contributed by atoms with Gasteiger partial charge in [-0.15, -0.1) is 0 Å². The average Bonchev–Trinajstić information content (AvgIpc) is 3.23. The van der Waals surface area contributed by atoms with Crippen molar-refractivity contribution in [2.75, 3.05) is 36.4 Å². The van der Waals surface area contributed by atoms with Crippen molar-refractivity contribution in [3.8, 4) is 0 Å². The van der Waals surface area contributed by atoms with Crippen molar-refractivity contribution in [1.29, 1.82) is 0 Å². The van der Waals surface area contributed by atoms with Crippen molar-refractivity contribution < 1.29 is 28.6 Å². The third-order valence-corrected chi connectivity index (χ3v) is 8.65. The number of nitrogens with one attached hydrogen (secondary N) is 2. The molecule has 9 nitrogen and oxygen atoms in total. The summed E-state index contributed by atoms with van der Waals surface area (Å²) in [5.41, 5.74) is 4.90. The minimum Gasteiger partial charge on any atom is -0.380 e. The highest BCUT2D eigenvalue weighted by molar-refractivity contribution is 6.24. The van der Waals surface area contributed by atoms with E-state index in [4.69, 9.17) is 0 Å². The van der Waals surface area contributed by atoms with Gasteiger partial charge in [-0.2, -0.15) is 0 Å². The Morgan fingerprint density at radius 3 is 2.47 bits per heavy atom. The summed E-state index contributed by atoms with van der Waals surface area (Å²) in [6.07, 6.45) is -1.46. The lowest BCUT2D eigenvalue weighted by Gasteiger charge is -2.36. The van der Waals surface area contributed by atoms with Crippen LogP contribution in [-0.4, -0.2) is 76.5 Å². The van der Waals surface area contributed by atoms with Crippen LogP contribution in [0.4, 0.5) is 20.2 Å². The molecule has 0 bridgehead atoms. The first kappa shape index (κ1) is 29.2. The third kappa shape index (κ3) is 5.85. The SMILES string of the molecule is Cc1cc(CNc2cccc3c2C(=O)N(C2CCC(O)NC2O)C3=O)ccc1CN1CCN(c2ccc(F)cc2F)CC1. The van der Waals surface area contributed by atoms with E-state index in [0.29, 0.717) is 55.0 Å². The van der Waals surface area contributed by atoms with E-state index in [9.17, 15) is 28.6 Å². The van der Waals surface area contributed by atoms with Crippen molar-refractivity contribution in [2.24, 2.45) is 0 Å². The predicted octanol–water partition coefficient (Wildman–Crippen LogP) is 3.19. The Morgan fingerprint density at radius 1 is 0.953 bits per heavy atom. The Morgan fingerprint density at radius 2 is 1.74 bits per heavy atom. The van der Waals surface area contributed by atoms with Crippen molar-refractivity contribution >= 4 is 23.2 Å². The highest BCUT2D eigenvalue weighted by atomic mass is 19.1. The van der Waals surface area contributed by atoms with E-state index in [0.717, 1.165) is 41.7 Å². The molecule has 3 aliphatic rings. The maximum atomic E-state index is 14.2. The highest BCUT2D eigenvalue weighted by Gasteiger charge is 2.45. The summed E-state index contributed by atoms with van der Waals surface area (Å²) in [6.45, 7) is 6.10. The summed E-state index contributed by atoms with van der Waals surface area (Å²) in [7, 11) is 0. The summed E-state index contributed by atoms with van der Waals surface area (Å²) in [5, 5.41) is 26.1. The molecule has 3 aromatic carbocycles. The van der Waals surface area contributed by atoms with Crippen LogP contribution in [0.5, 0.6) is 0 Å². The van der Waals surface area contributed by atoms with Crippen LogP contribution in [0.15, 0.2) is 54.6 Å². The van der Waals surface area contributed by atoms with Gasteiger partial charge >= 0.3 is 0 Å². The van der Waals surface area contributed by atoms with Crippen molar-refractivity contribution in [1.82, 2.24) is 15.1 Å². The van der Waals surface area contributed by atoms with Crippen LogP contribution in [0, 0.1) is 18.6 Å². The Balaban J connectivity index is 1.07. The van der Waals surface area contributed by atoms with Gasteiger partial charge in [-0.3, -0.25) is 24.7 Å². The first-order valence-electron chi connectivity index (χ1n) is 14.6. The van der Waals surface area contributed by atoms with Gasteiger partial charge in [0.25, 0.3) is 11.8 Å². The van der Waals surface area contributed by atoms with Crippen molar-refractivity contribution in [3.05, 3.63) is 94.0 Å². The van der Waals surface area contributed by atoms with Crippen molar-refractivity contribution in [3.63, 3.8) is 0 Å². The van der Waals surface area contributed by atoms with E-state index in [1.807, 2.05) is 11.0 Å². The molecular weight excluding hydrogens is 556 g/mol. The lowest BCUT2D eigenvalue weighted by molar-refractivity contribution is -0.0413. The number of imide groups is 1. The van der Waals surface area contributed by atoms with Gasteiger partial charge in [0.1, 0.15) is 24.1 Å². The van der Waals surface area contributed by atoms with Gasteiger partial charge in [-0.25, -0.2) is 8.78 Å². The Kier molecular flexibility index (Phi) is 8.15. The smallest absolute Gasteiger partial charge is 0.264 e. The van der Waals surface area contributed by atoms with E-state index in [1.54, 1.807) is 18.2 Å². The highest BCUT2D eigenvalue weighted by Crippen LogP contribution is 2.33. The molecule has 2 amide bonds. The zero-order chi connectivity index (χ0) is 30.2. The van der Waals surface area contributed by atoms with Crippen molar-refractivity contribution in [2.45, 2.75) is 51.4 Å². The number of nitrogens with zero attached hydrogens (tertiary/aromatic N) is 3. The van der Waals surface area contributed by atoms with Crippen LogP contribution in [0.2, 0.25) is 0 Å². The number of hydrogen-bond acceptors (Lipinski definition) is 8. The molecule has 3 unspecified atom stereocenters. The number of aliphatic hydroxyl groups is 2. The van der Waals surface area contributed by atoms with Crippen LogP contribution in [-0.2, 0) is 13.1 Å². The summed E-state index contributed by atoms with van der Waals surface area (Å²) in [5.74, 6) is -2.02. The number of rotatable bonds is 7. The molecule has 2 saturated heterocycles. The zero-order valence-electron chi connectivity index (χ0n) is 23.9. The molecule has 6 rings (SSSR count). The van der Waals surface area contributed by atoms with E-state index in [-0.39, 0.29) is 0 Å². The summed E-state index contributed by atoms with van der Waals surface area (Å²) in [4.78, 5) is 31.9. The van der Waals surface area contributed by atoms with Crippen LogP contribution in [0.25, 0.3) is 0 Å². The predicted molar refractivity (Wildman–Crippen MR) is 157 cm³/mol. The molecule has 0 aromatic heterocycles. The second-order valence-electron chi connectivity index (χ2n) is 11.5. The van der Waals surface area contributed by atoms with E-state index < -0.39 is 41.9 Å². The summed E-state index contributed by atoms with van der Waals surface area (Å²) >= 11 is 0. The average molecular weight is 592 g/mol. The van der Waals surface area contributed by atoms with E-state index in [1.165, 1.54) is 17.7 Å². The zero-order valence-corrected chi connectivity index (χ0v) is 23.9. The number of benzene rings is 3. The lowest BCUT2D eigenvalue weighted by Crippen LogP contribution is -2.58. The first-order chi connectivity index (χ1) is 20.7. The van der Waals surface area contributed by atoms with Crippen LogP contribution < -0.4 is 15.5 Å². The molecule has 2 fully saturated rings. The molecule has 0 saturated carbocycles. The van der Waals surface area contributed by atoms with Gasteiger partial charge in [0.05, 0.1) is 22.9 Å². The Hall–Kier alpha value is -3.90. The molecule has 4 N–H and O–H groups in total. The molecule has 11 heteroatoms. The number of aliphatic hydroxyl groups excluding tert-OH is 2. The monoisotopic (exact) mass is 591 g/mol. The number of anilines is 2. The standard InChI is InChI=1S/C32H35F2N5O4/c1-19-15-20(5-6-21(19)18-37-11-13-38(14-12-37)26-8-7-22(33)16-24(26)34)17-35-25-4-2-3-23-29(25)32(43)39(31(23)42)27-9-10-28(40)36-30(27)41/h2-8,15-16,27-28,30,35-36,40-41H,9-14,17-18H2,1H3. The van der Waals surface area contributed by atoms with Gasteiger partial charge in [-0.05, 0) is 60.7 Å². The fraction of sp³-hybridized carbons (Fsp3) is 0.375. The van der Waals surface area contributed by atoms with Gasteiger partial charge in [-0.1, -0.05) is 24.3 Å². The number of piperidine rings is 1. The molecule has 3 aliphatic heterocycles. The topological polar surface area (TPSA) is 108 Å². The summed E-state index contributed by atoms with van der Waals surface area (Å²) in [6, 6.07) is 14.3. The minimum atomic E-state index is -1.20. The minimum absolute atomic E-state index is 0.291. The number of hydrogen-bond donors (Lipinski definition) is 4. The van der Waals surface area contributed by atoms with E-state index >= 15 is 0 Å². The van der Waals surface area contributed by atoms with Gasteiger partial charge < -0.3 is 20.4 Å². The molecule has 3 atom stereocenters. The largest absolute Gasteiger partial charge is 0.380 e. The number of carbonyl (C=O) groups is 2. The second-order valence-corrected chi connectivity index (χ2v) is 11.5. The molecule has 0 radical (unpaired) electrons. The molecule has 0 aliphatic carbocycles. The molecule has 0 spiro atoms. The lowest BCUT2D eigenvalue weighted by atomic mass is 10.0. The number of fused-ring (bicyclic) bond motifs is 1. The molecular formula is C32H35F2N5O4. The molecule has 3 heterocycles. The summed E-state index contributed by atoms with van der Waals surface area (Å²) < 4.78 is 27.5. The number of carbonyl (C=O) groups excluding carboxylic acids is 2. The maximum absolute atomic E-state index is 14.2. The number of amides is 2. The van der Waals surface area contributed by atoms with Gasteiger partial charge in [0, 0.05) is 51.0 Å². The number of piperazine rings is 1. The Labute approximate surface area is 248 Å². The number of halogens is 2. The molecule has 43 heavy (non-hydrogen) atoms. The Bertz CT molecular complexity index is 1540. The normalized spacial score (nSPS) is 22.7. The van der Waals surface area contributed by atoms with Gasteiger partial charge in [0.2, 0.25) is 0 Å².